The monoisotopic (exact) mass is 654 g/mol. The van der Waals surface area contributed by atoms with Crippen LogP contribution in [0.3, 0.4) is 0 Å². The highest BCUT2D eigenvalue weighted by Crippen LogP contribution is 2.27. The van der Waals surface area contributed by atoms with E-state index in [1.54, 1.807) is 0 Å². The Hall–Kier alpha value is -1.81. The fourth-order valence-corrected chi connectivity index (χ4v) is 6.31. The summed E-state index contributed by atoms with van der Waals surface area (Å²) in [5.74, 6) is 0. The minimum absolute atomic E-state index is 0.00418. The molecule has 0 N–H and O–H groups in total. The molecule has 0 radical (unpaired) electrons. The van der Waals surface area contributed by atoms with E-state index in [9.17, 15) is 0 Å². The van der Waals surface area contributed by atoms with Gasteiger partial charge in [0.25, 0.3) is 0 Å². The lowest BCUT2D eigenvalue weighted by molar-refractivity contribution is -0.0511. The molecule has 0 amide bonds. The van der Waals surface area contributed by atoms with Crippen LogP contribution in [0.4, 0.5) is 0 Å². The Morgan fingerprint density at radius 2 is 0.851 bits per heavy atom. The molecule has 1 fully saturated rings. The molecular formula is C42H75N3O2. The average Bonchev–Trinajstić information content (AvgIpc) is 3.07. The van der Waals surface area contributed by atoms with Gasteiger partial charge in [-0.15, -0.1) is 0 Å². The van der Waals surface area contributed by atoms with Crippen LogP contribution in [0, 0.1) is 0 Å². The Morgan fingerprint density at radius 3 is 1.23 bits per heavy atom. The van der Waals surface area contributed by atoms with Gasteiger partial charge in [-0.1, -0.05) is 145 Å². The molecule has 1 rings (SSSR count). The molecule has 0 aliphatic heterocycles. The van der Waals surface area contributed by atoms with Crippen molar-refractivity contribution in [2.24, 2.45) is 5.11 Å². The molecule has 0 heterocycles. The number of hydrogen-bond donors (Lipinski definition) is 0. The molecule has 0 aromatic carbocycles. The molecule has 3 unspecified atom stereocenters. The first kappa shape index (κ1) is 43.2. The van der Waals surface area contributed by atoms with Gasteiger partial charge in [0.1, 0.15) is 0 Å². The number of unbranched alkanes of at least 4 members (excludes halogenated alkanes) is 18. The van der Waals surface area contributed by atoms with Crippen molar-refractivity contribution in [1.82, 2.24) is 0 Å². The lowest BCUT2D eigenvalue weighted by Gasteiger charge is -2.33. The number of nitrogens with zero attached hydrogens (tertiary/aromatic N) is 3. The molecule has 47 heavy (non-hydrogen) atoms. The van der Waals surface area contributed by atoms with E-state index in [0.29, 0.717) is 0 Å². The molecule has 1 saturated carbocycles. The van der Waals surface area contributed by atoms with Gasteiger partial charge in [-0.2, -0.15) is 0 Å². The van der Waals surface area contributed by atoms with Gasteiger partial charge < -0.3 is 9.47 Å². The number of ether oxygens (including phenoxy) is 2. The molecular weight excluding hydrogens is 578 g/mol. The Labute approximate surface area is 291 Å². The highest BCUT2D eigenvalue weighted by Gasteiger charge is 2.29. The van der Waals surface area contributed by atoms with Crippen LogP contribution in [0.2, 0.25) is 0 Å². The molecule has 0 bridgehead atoms. The fourth-order valence-electron chi connectivity index (χ4n) is 6.31. The largest absolute Gasteiger partial charge is 0.378 e. The third-order valence-electron chi connectivity index (χ3n) is 9.21. The Morgan fingerprint density at radius 1 is 0.489 bits per heavy atom. The number of hydrogen-bond acceptors (Lipinski definition) is 3. The maximum absolute atomic E-state index is 9.02. The van der Waals surface area contributed by atoms with Crippen molar-refractivity contribution >= 4 is 0 Å². The zero-order valence-electron chi connectivity index (χ0n) is 31.0. The second-order valence-electron chi connectivity index (χ2n) is 13.7. The van der Waals surface area contributed by atoms with Gasteiger partial charge in [0, 0.05) is 24.2 Å². The minimum Gasteiger partial charge on any atom is -0.378 e. The van der Waals surface area contributed by atoms with Crippen LogP contribution in [0.5, 0.6) is 0 Å². The van der Waals surface area contributed by atoms with Crippen LogP contribution in [0.15, 0.2) is 53.7 Å². The van der Waals surface area contributed by atoms with E-state index in [0.717, 1.165) is 58.2 Å². The van der Waals surface area contributed by atoms with Crippen molar-refractivity contribution in [1.29, 1.82) is 0 Å². The quantitative estimate of drug-likeness (QED) is 0.0232. The van der Waals surface area contributed by atoms with Gasteiger partial charge in [0.05, 0.1) is 12.2 Å². The third kappa shape index (κ3) is 30.0. The topological polar surface area (TPSA) is 67.2 Å². The van der Waals surface area contributed by atoms with Crippen LogP contribution >= 0.6 is 0 Å². The van der Waals surface area contributed by atoms with Crippen molar-refractivity contribution < 1.29 is 9.47 Å². The number of azide groups is 1. The molecule has 0 saturated heterocycles. The van der Waals surface area contributed by atoms with Crippen LogP contribution < -0.4 is 0 Å². The molecule has 0 spiro atoms. The van der Waals surface area contributed by atoms with E-state index in [-0.39, 0.29) is 18.2 Å². The highest BCUT2D eigenvalue weighted by molar-refractivity contribution is 4.93. The first-order chi connectivity index (χ1) is 23.3. The van der Waals surface area contributed by atoms with Crippen LogP contribution in [0.1, 0.15) is 187 Å². The van der Waals surface area contributed by atoms with Gasteiger partial charge >= 0.3 is 0 Å². The van der Waals surface area contributed by atoms with Crippen molar-refractivity contribution in [3.8, 4) is 0 Å². The van der Waals surface area contributed by atoms with Crippen molar-refractivity contribution in [3.63, 3.8) is 0 Å². The molecule has 0 aromatic rings. The summed E-state index contributed by atoms with van der Waals surface area (Å²) in [6.07, 6.45) is 51.7. The molecule has 1 aliphatic rings. The highest BCUT2D eigenvalue weighted by atomic mass is 16.5. The van der Waals surface area contributed by atoms with E-state index in [1.165, 1.54) is 128 Å². The lowest BCUT2D eigenvalue weighted by Crippen LogP contribution is -2.35. The molecule has 3 atom stereocenters. The SMILES string of the molecule is CCCCCC=CCC=CCCCCCCCCOC1CC(N=[N+]=[N-])CC(OCCCCCCCC/C=C\C/C=C\CCCCC)C1. The standard InChI is InChI=1S/C42H75N3O2/c1-3-5-7-9-11-13-15-17-19-21-23-25-27-29-31-33-35-46-41-37-40(44-45-43)38-42(39-41)47-36-34-32-30-28-26-24-22-20-18-16-14-12-10-8-6-4-2/h11-14,17-20,40-42H,3-10,15-16,21-39H2,1-2H3/b13-11-,14-12?,19-17-,20-18?. The zero-order valence-corrected chi connectivity index (χ0v) is 31.0. The van der Waals surface area contributed by atoms with E-state index < -0.39 is 0 Å². The van der Waals surface area contributed by atoms with E-state index in [2.05, 4.69) is 72.5 Å². The summed E-state index contributed by atoms with van der Waals surface area (Å²) in [5, 5.41) is 4.04. The first-order valence-corrected chi connectivity index (χ1v) is 20.2. The van der Waals surface area contributed by atoms with Crippen LogP contribution in [-0.4, -0.2) is 31.5 Å². The summed E-state index contributed by atoms with van der Waals surface area (Å²) in [5.41, 5.74) is 9.02. The summed E-state index contributed by atoms with van der Waals surface area (Å²) >= 11 is 0. The smallest absolute Gasteiger partial charge is 0.0603 e. The predicted octanol–water partition coefficient (Wildman–Crippen LogP) is 14.2. The van der Waals surface area contributed by atoms with Gasteiger partial charge in [0.15, 0.2) is 0 Å². The van der Waals surface area contributed by atoms with Gasteiger partial charge in [-0.25, -0.2) is 0 Å². The Balaban J connectivity index is 2.01. The van der Waals surface area contributed by atoms with Gasteiger partial charge in [0.2, 0.25) is 0 Å². The fraction of sp³-hybridized carbons (Fsp3) is 0.810. The van der Waals surface area contributed by atoms with Gasteiger partial charge in [-0.05, 0) is 102 Å². The first-order valence-electron chi connectivity index (χ1n) is 20.2. The summed E-state index contributed by atoms with van der Waals surface area (Å²) < 4.78 is 12.5. The maximum atomic E-state index is 9.02. The van der Waals surface area contributed by atoms with Gasteiger partial charge in [-0.3, -0.25) is 0 Å². The second-order valence-corrected chi connectivity index (χ2v) is 13.7. The molecule has 5 heteroatoms. The average molecular weight is 654 g/mol. The van der Waals surface area contributed by atoms with Crippen molar-refractivity contribution in [2.75, 3.05) is 13.2 Å². The Bertz CT molecular complexity index is 772. The van der Waals surface area contributed by atoms with Crippen molar-refractivity contribution in [3.05, 3.63) is 59.1 Å². The van der Waals surface area contributed by atoms with E-state index in [4.69, 9.17) is 15.0 Å². The summed E-state index contributed by atoms with van der Waals surface area (Å²) in [6.45, 7) is 6.13. The molecule has 270 valence electrons. The van der Waals surface area contributed by atoms with Crippen LogP contribution in [-0.2, 0) is 9.47 Å². The second kappa shape index (κ2) is 35.5. The number of rotatable bonds is 33. The molecule has 0 aromatic heterocycles. The Kier molecular flexibility index (Phi) is 32.6. The lowest BCUT2D eigenvalue weighted by atomic mass is 9.91. The maximum Gasteiger partial charge on any atom is 0.0603 e. The summed E-state index contributed by atoms with van der Waals surface area (Å²) in [7, 11) is 0. The minimum atomic E-state index is -0.00418. The summed E-state index contributed by atoms with van der Waals surface area (Å²) in [6, 6.07) is -0.00418. The molecule has 5 nitrogen and oxygen atoms in total. The van der Waals surface area contributed by atoms with E-state index >= 15 is 0 Å². The third-order valence-corrected chi connectivity index (χ3v) is 9.21. The van der Waals surface area contributed by atoms with Crippen LogP contribution in [0.25, 0.3) is 10.4 Å². The molecule has 1 aliphatic carbocycles. The van der Waals surface area contributed by atoms with Crippen molar-refractivity contribution in [2.45, 2.75) is 205 Å². The summed E-state index contributed by atoms with van der Waals surface area (Å²) in [4.78, 5) is 3.09. The predicted molar refractivity (Wildman–Crippen MR) is 205 cm³/mol. The zero-order chi connectivity index (χ0) is 33.7. The normalized spacial score (nSPS) is 18.7. The van der Waals surface area contributed by atoms with E-state index in [1.807, 2.05) is 0 Å². The number of allylic oxidation sites excluding steroid dienone is 8.